The second kappa shape index (κ2) is 9.55. The second-order valence-electron chi connectivity index (χ2n) is 7.03. The molecule has 1 fully saturated rings. The lowest BCUT2D eigenvalue weighted by Crippen LogP contribution is -2.40. The quantitative estimate of drug-likeness (QED) is 0.810. The molecule has 0 aliphatic carbocycles. The van der Waals surface area contributed by atoms with Crippen LogP contribution in [0.15, 0.2) is 42.6 Å². The minimum absolute atomic E-state index is 0.0964. The van der Waals surface area contributed by atoms with Gasteiger partial charge in [-0.15, -0.1) is 0 Å². The number of hydrogen-bond acceptors (Lipinski definition) is 3. The van der Waals surface area contributed by atoms with Crippen molar-refractivity contribution in [3.63, 3.8) is 0 Å². The zero-order valence-corrected chi connectivity index (χ0v) is 15.9. The molecule has 146 valence electrons. The summed E-state index contributed by atoms with van der Waals surface area (Å²) < 4.78 is 21.0. The summed E-state index contributed by atoms with van der Waals surface area (Å²) >= 11 is 0. The zero-order chi connectivity index (χ0) is 19.1. The van der Waals surface area contributed by atoms with Crippen LogP contribution in [0.4, 0.5) is 4.39 Å². The number of nitrogens with one attached hydrogen (secondary N) is 1. The Kier molecular flexibility index (Phi) is 6.87. The van der Waals surface area contributed by atoms with Gasteiger partial charge in [0.15, 0.2) is 18.2 Å². The third-order valence-corrected chi connectivity index (χ3v) is 5.09. The Hall–Kier alpha value is -2.34. The number of aryl methyl sites for hydroxylation is 1. The number of carbonyl (C=O) groups is 1. The second-order valence-corrected chi connectivity index (χ2v) is 7.03. The summed E-state index contributed by atoms with van der Waals surface area (Å²) in [6, 6.07) is 10.4. The van der Waals surface area contributed by atoms with E-state index in [2.05, 4.69) is 20.9 Å². The molecule has 6 heteroatoms. The molecule has 27 heavy (non-hydrogen) atoms. The zero-order valence-electron chi connectivity index (χ0n) is 15.9. The molecule has 1 amide bonds. The van der Waals surface area contributed by atoms with Gasteiger partial charge in [0.2, 0.25) is 0 Å². The van der Waals surface area contributed by atoms with Crippen LogP contribution in [0.1, 0.15) is 37.4 Å². The SMILES string of the molecule is Cn1cccc1[C@H](CNC(=O)COc1ccccc1F)N1CCCCCC1. The maximum absolute atomic E-state index is 13.6. The van der Waals surface area contributed by atoms with Crippen LogP contribution in [0.5, 0.6) is 5.75 Å². The van der Waals surface area contributed by atoms with E-state index >= 15 is 0 Å². The average Bonchev–Trinajstić information content (AvgIpc) is 2.92. The first-order valence-corrected chi connectivity index (χ1v) is 9.64. The summed E-state index contributed by atoms with van der Waals surface area (Å²) in [4.78, 5) is 14.7. The van der Waals surface area contributed by atoms with Crippen molar-refractivity contribution in [2.45, 2.75) is 31.7 Å². The van der Waals surface area contributed by atoms with Crippen LogP contribution in [0.2, 0.25) is 0 Å². The van der Waals surface area contributed by atoms with Gasteiger partial charge >= 0.3 is 0 Å². The number of ether oxygens (including phenoxy) is 1. The number of rotatable bonds is 7. The number of nitrogens with zero attached hydrogens (tertiary/aromatic N) is 2. The third kappa shape index (κ3) is 5.32. The van der Waals surface area contributed by atoms with Crippen molar-refractivity contribution in [1.29, 1.82) is 0 Å². The normalized spacial score (nSPS) is 16.5. The molecule has 2 heterocycles. The topological polar surface area (TPSA) is 46.5 Å². The van der Waals surface area contributed by atoms with Crippen LogP contribution in [-0.4, -0.2) is 41.6 Å². The highest BCUT2D eigenvalue weighted by Gasteiger charge is 2.24. The van der Waals surface area contributed by atoms with E-state index in [9.17, 15) is 9.18 Å². The summed E-state index contributed by atoms with van der Waals surface area (Å²) in [6.07, 6.45) is 6.93. The van der Waals surface area contributed by atoms with Crippen LogP contribution in [0, 0.1) is 5.82 Å². The summed E-state index contributed by atoms with van der Waals surface area (Å²) in [5.41, 5.74) is 1.19. The molecule has 2 aromatic rings. The van der Waals surface area contributed by atoms with Gasteiger partial charge < -0.3 is 14.6 Å². The molecule has 1 aliphatic heterocycles. The smallest absolute Gasteiger partial charge is 0.258 e. The molecule has 1 atom stereocenters. The minimum atomic E-state index is -0.462. The predicted octanol–water partition coefficient (Wildman–Crippen LogP) is 3.28. The first-order chi connectivity index (χ1) is 13.1. The molecule has 1 N–H and O–H groups in total. The number of amides is 1. The van der Waals surface area contributed by atoms with E-state index in [1.54, 1.807) is 12.1 Å². The Morgan fingerprint density at radius 2 is 1.89 bits per heavy atom. The van der Waals surface area contributed by atoms with Crippen molar-refractivity contribution in [1.82, 2.24) is 14.8 Å². The third-order valence-electron chi connectivity index (χ3n) is 5.09. The maximum atomic E-state index is 13.6. The van der Waals surface area contributed by atoms with Crippen molar-refractivity contribution < 1.29 is 13.9 Å². The van der Waals surface area contributed by atoms with Crippen molar-refractivity contribution >= 4 is 5.91 Å². The Bertz CT molecular complexity index is 739. The fraction of sp³-hybridized carbons (Fsp3) is 0.476. The van der Waals surface area contributed by atoms with Crippen molar-refractivity contribution in [2.75, 3.05) is 26.2 Å². The molecule has 0 spiro atoms. The largest absolute Gasteiger partial charge is 0.481 e. The van der Waals surface area contributed by atoms with Crippen molar-refractivity contribution in [3.05, 3.63) is 54.1 Å². The number of para-hydroxylation sites is 1. The lowest BCUT2D eigenvalue weighted by Gasteiger charge is -2.31. The summed E-state index contributed by atoms with van der Waals surface area (Å²) in [5.74, 6) is -0.608. The van der Waals surface area contributed by atoms with E-state index in [4.69, 9.17) is 4.74 Å². The van der Waals surface area contributed by atoms with E-state index in [-0.39, 0.29) is 24.3 Å². The average molecular weight is 373 g/mol. The number of hydrogen-bond donors (Lipinski definition) is 1. The molecule has 3 rings (SSSR count). The molecule has 0 radical (unpaired) electrons. The fourth-order valence-corrected chi connectivity index (χ4v) is 3.61. The minimum Gasteiger partial charge on any atom is -0.481 e. The molecule has 5 nitrogen and oxygen atoms in total. The van der Waals surface area contributed by atoms with Gasteiger partial charge in [-0.05, 0) is 50.2 Å². The highest BCUT2D eigenvalue weighted by atomic mass is 19.1. The van der Waals surface area contributed by atoms with Crippen molar-refractivity contribution in [2.24, 2.45) is 7.05 Å². The first-order valence-electron chi connectivity index (χ1n) is 9.64. The molecule has 0 bridgehead atoms. The molecular weight excluding hydrogens is 345 g/mol. The molecule has 0 unspecified atom stereocenters. The summed E-state index contributed by atoms with van der Waals surface area (Å²) in [6.45, 7) is 2.40. The maximum Gasteiger partial charge on any atom is 0.258 e. The highest BCUT2D eigenvalue weighted by molar-refractivity contribution is 5.77. The number of likely N-dealkylation sites (tertiary alicyclic amines) is 1. The van der Waals surface area contributed by atoms with Gasteiger partial charge in [-0.25, -0.2) is 4.39 Å². The first kappa shape index (κ1) is 19.4. The van der Waals surface area contributed by atoms with Gasteiger partial charge in [-0.3, -0.25) is 9.69 Å². The van der Waals surface area contributed by atoms with Crippen LogP contribution in [-0.2, 0) is 11.8 Å². The Labute approximate surface area is 160 Å². The van der Waals surface area contributed by atoms with Crippen LogP contribution in [0.25, 0.3) is 0 Å². The van der Waals surface area contributed by atoms with Crippen LogP contribution >= 0.6 is 0 Å². The molecule has 1 aromatic heterocycles. The Morgan fingerprint density at radius 3 is 2.56 bits per heavy atom. The van der Waals surface area contributed by atoms with Gasteiger partial charge in [-0.2, -0.15) is 0 Å². The number of aromatic nitrogens is 1. The summed E-state index contributed by atoms with van der Waals surface area (Å²) in [5, 5.41) is 2.96. The monoisotopic (exact) mass is 373 g/mol. The lowest BCUT2D eigenvalue weighted by atomic mass is 10.1. The van der Waals surface area contributed by atoms with Gasteiger partial charge in [-0.1, -0.05) is 25.0 Å². The van der Waals surface area contributed by atoms with E-state index in [1.807, 2.05) is 19.3 Å². The van der Waals surface area contributed by atoms with Gasteiger partial charge in [0.1, 0.15) is 0 Å². The predicted molar refractivity (Wildman–Crippen MR) is 103 cm³/mol. The van der Waals surface area contributed by atoms with E-state index in [1.165, 1.54) is 43.5 Å². The summed E-state index contributed by atoms with van der Waals surface area (Å²) in [7, 11) is 2.03. The number of halogens is 1. The van der Waals surface area contributed by atoms with Crippen molar-refractivity contribution in [3.8, 4) is 5.75 Å². The molecular formula is C21H28FN3O2. The Balaban J connectivity index is 1.59. The molecule has 1 aromatic carbocycles. The van der Waals surface area contributed by atoms with Crippen LogP contribution in [0.3, 0.4) is 0 Å². The van der Waals surface area contributed by atoms with Gasteiger partial charge in [0, 0.05) is 25.5 Å². The van der Waals surface area contributed by atoms with Crippen LogP contribution < -0.4 is 10.1 Å². The van der Waals surface area contributed by atoms with Gasteiger partial charge in [0.05, 0.1) is 6.04 Å². The van der Waals surface area contributed by atoms with Gasteiger partial charge in [0.25, 0.3) is 5.91 Å². The van der Waals surface area contributed by atoms with E-state index in [0.29, 0.717) is 6.54 Å². The Morgan fingerprint density at radius 1 is 1.15 bits per heavy atom. The lowest BCUT2D eigenvalue weighted by molar-refractivity contribution is -0.123. The number of benzene rings is 1. The van der Waals surface area contributed by atoms with E-state index < -0.39 is 5.82 Å². The highest BCUT2D eigenvalue weighted by Crippen LogP contribution is 2.24. The standard InChI is InChI=1S/C21H28FN3O2/c1-24-12-8-10-18(24)19(25-13-6-2-3-7-14-25)15-23-21(26)16-27-20-11-5-4-9-17(20)22/h4-5,8-12,19H,2-3,6-7,13-16H2,1H3,(H,23,26)/t19-/m0/s1. The fourth-order valence-electron chi connectivity index (χ4n) is 3.61. The molecule has 0 saturated carbocycles. The van der Waals surface area contributed by atoms with E-state index in [0.717, 1.165) is 13.1 Å². The molecule has 1 aliphatic rings. The molecule has 1 saturated heterocycles. The number of carbonyl (C=O) groups excluding carboxylic acids is 1.